The number of hydrogen-bond donors (Lipinski definition) is 0. The summed E-state index contributed by atoms with van der Waals surface area (Å²) < 4.78 is 24.7. The van der Waals surface area contributed by atoms with Crippen molar-refractivity contribution >= 4 is 21.9 Å². The van der Waals surface area contributed by atoms with Crippen LogP contribution in [0.4, 0.5) is 0 Å². The summed E-state index contributed by atoms with van der Waals surface area (Å²) in [6, 6.07) is 3.18. The smallest absolute Gasteiger partial charge is 0.206 e. The third kappa shape index (κ3) is 2.53. The fraction of sp³-hybridized carbons (Fsp3) is 0.222. The molecule has 1 aromatic carbocycles. The van der Waals surface area contributed by atoms with Crippen LogP contribution in [-0.4, -0.2) is 23.3 Å². The highest BCUT2D eigenvalue weighted by molar-refractivity contribution is 6.06. The fourth-order valence-corrected chi connectivity index (χ4v) is 2.90. The monoisotopic (exact) mass is 340 g/mol. The lowest BCUT2D eigenvalue weighted by atomic mass is 10.1. The first-order valence-corrected chi connectivity index (χ1v) is 7.79. The zero-order valence-corrected chi connectivity index (χ0v) is 13.8. The number of methoxy groups -OCH3 is 1. The first-order chi connectivity index (χ1) is 12.2. The normalized spacial score (nSPS) is 11.3. The maximum atomic E-state index is 12.5. The highest BCUT2D eigenvalue weighted by Crippen LogP contribution is 2.42. The van der Waals surface area contributed by atoms with E-state index < -0.39 is 0 Å². The molecule has 0 spiro atoms. The van der Waals surface area contributed by atoms with Crippen LogP contribution < -0.4 is 14.9 Å². The molecule has 0 amide bonds. The molecule has 3 heterocycles. The van der Waals surface area contributed by atoms with Gasteiger partial charge in [0.2, 0.25) is 5.75 Å². The SMILES string of the molecule is COc1c2ccoc2c(OCCn2ccnc2)c2oc(C)cc(=O)c12. The molecule has 128 valence electrons. The first-order valence-electron chi connectivity index (χ1n) is 7.79. The fourth-order valence-electron chi connectivity index (χ4n) is 2.90. The number of nitrogens with zero attached hydrogens (tertiary/aromatic N) is 2. The Labute approximate surface area is 142 Å². The molecule has 0 saturated carbocycles. The molecule has 0 N–H and O–H groups in total. The number of aryl methyl sites for hydroxylation is 1. The molecule has 0 atom stereocenters. The van der Waals surface area contributed by atoms with Crippen molar-refractivity contribution in [1.29, 1.82) is 0 Å². The molecular weight excluding hydrogens is 324 g/mol. The molecule has 0 aliphatic rings. The third-order valence-electron chi connectivity index (χ3n) is 3.98. The van der Waals surface area contributed by atoms with Gasteiger partial charge in [-0.05, 0) is 13.0 Å². The largest absolute Gasteiger partial charge is 0.495 e. The Kier molecular flexibility index (Phi) is 3.68. The predicted molar refractivity (Wildman–Crippen MR) is 91.3 cm³/mol. The highest BCUT2D eigenvalue weighted by atomic mass is 16.5. The third-order valence-corrected chi connectivity index (χ3v) is 3.98. The number of imidazole rings is 1. The zero-order chi connectivity index (χ0) is 17.4. The summed E-state index contributed by atoms with van der Waals surface area (Å²) in [5, 5.41) is 1.02. The molecule has 0 radical (unpaired) electrons. The Morgan fingerprint density at radius 1 is 1.28 bits per heavy atom. The molecule has 4 aromatic rings. The Hall–Kier alpha value is -3.22. The highest BCUT2D eigenvalue weighted by Gasteiger charge is 2.22. The number of ether oxygens (including phenoxy) is 2. The average molecular weight is 340 g/mol. The summed E-state index contributed by atoms with van der Waals surface area (Å²) in [5.74, 6) is 1.32. The van der Waals surface area contributed by atoms with Crippen molar-refractivity contribution in [2.24, 2.45) is 0 Å². The molecule has 25 heavy (non-hydrogen) atoms. The molecular formula is C18H16N2O5. The van der Waals surface area contributed by atoms with Gasteiger partial charge in [-0.25, -0.2) is 4.98 Å². The Morgan fingerprint density at radius 2 is 2.16 bits per heavy atom. The van der Waals surface area contributed by atoms with Crippen LogP contribution in [0.25, 0.3) is 21.9 Å². The molecule has 0 fully saturated rings. The molecule has 0 aliphatic carbocycles. The number of hydrogen-bond acceptors (Lipinski definition) is 6. The summed E-state index contributed by atoms with van der Waals surface area (Å²) in [6.45, 7) is 2.69. The second-order valence-corrected chi connectivity index (χ2v) is 5.60. The van der Waals surface area contributed by atoms with E-state index in [9.17, 15) is 4.79 Å². The van der Waals surface area contributed by atoms with Crippen molar-refractivity contribution in [1.82, 2.24) is 9.55 Å². The van der Waals surface area contributed by atoms with Crippen LogP contribution in [0, 0.1) is 6.92 Å². The molecule has 0 unspecified atom stereocenters. The van der Waals surface area contributed by atoms with Crippen LogP contribution in [-0.2, 0) is 6.54 Å². The quantitative estimate of drug-likeness (QED) is 0.555. The van der Waals surface area contributed by atoms with Gasteiger partial charge in [0.1, 0.15) is 23.5 Å². The number of aromatic nitrogens is 2. The van der Waals surface area contributed by atoms with E-state index in [2.05, 4.69) is 4.98 Å². The Morgan fingerprint density at radius 3 is 2.92 bits per heavy atom. The first kappa shape index (κ1) is 15.3. The minimum Gasteiger partial charge on any atom is -0.495 e. The van der Waals surface area contributed by atoms with Gasteiger partial charge in [-0.2, -0.15) is 0 Å². The summed E-state index contributed by atoms with van der Waals surface area (Å²) in [5.41, 5.74) is 0.636. The standard InChI is InChI=1S/C18H16N2O5/c1-11-9-13(21)14-15(22-2)12-3-7-23-16(12)18(17(14)25-11)24-8-6-20-5-4-19-10-20/h3-5,7,9-10H,6,8H2,1-2H3. The summed E-state index contributed by atoms with van der Waals surface area (Å²) in [6.07, 6.45) is 6.80. The summed E-state index contributed by atoms with van der Waals surface area (Å²) in [7, 11) is 1.51. The Balaban J connectivity index is 1.88. The van der Waals surface area contributed by atoms with E-state index in [1.54, 1.807) is 25.5 Å². The summed E-state index contributed by atoms with van der Waals surface area (Å²) >= 11 is 0. The Bertz CT molecular complexity index is 1090. The van der Waals surface area contributed by atoms with Crippen molar-refractivity contribution in [3.8, 4) is 11.5 Å². The molecule has 4 rings (SSSR count). The van der Waals surface area contributed by atoms with Crippen LogP contribution in [0.2, 0.25) is 0 Å². The van der Waals surface area contributed by atoms with Gasteiger partial charge in [0, 0.05) is 18.5 Å². The molecule has 3 aromatic heterocycles. The number of rotatable bonds is 5. The van der Waals surface area contributed by atoms with E-state index in [4.69, 9.17) is 18.3 Å². The lowest BCUT2D eigenvalue weighted by molar-refractivity contribution is 0.295. The second-order valence-electron chi connectivity index (χ2n) is 5.60. The van der Waals surface area contributed by atoms with Gasteiger partial charge < -0.3 is 22.9 Å². The van der Waals surface area contributed by atoms with Crippen molar-refractivity contribution in [3.05, 3.63) is 53.1 Å². The van der Waals surface area contributed by atoms with Crippen LogP contribution in [0.1, 0.15) is 5.76 Å². The van der Waals surface area contributed by atoms with Crippen molar-refractivity contribution in [2.75, 3.05) is 13.7 Å². The zero-order valence-electron chi connectivity index (χ0n) is 13.8. The van der Waals surface area contributed by atoms with Crippen molar-refractivity contribution in [2.45, 2.75) is 13.5 Å². The number of benzene rings is 1. The van der Waals surface area contributed by atoms with Gasteiger partial charge in [0.05, 0.1) is 31.6 Å². The average Bonchev–Trinajstić information content (AvgIpc) is 3.26. The lowest BCUT2D eigenvalue weighted by Crippen LogP contribution is -2.09. The van der Waals surface area contributed by atoms with Gasteiger partial charge in [-0.1, -0.05) is 0 Å². The van der Waals surface area contributed by atoms with E-state index in [-0.39, 0.29) is 5.43 Å². The predicted octanol–water partition coefficient (Wildman–Crippen LogP) is 3.13. The van der Waals surface area contributed by atoms with Gasteiger partial charge in [0.25, 0.3) is 0 Å². The van der Waals surface area contributed by atoms with Crippen LogP contribution >= 0.6 is 0 Å². The number of fused-ring (bicyclic) bond motifs is 2. The molecule has 7 heteroatoms. The van der Waals surface area contributed by atoms with E-state index in [1.807, 2.05) is 10.8 Å². The maximum Gasteiger partial charge on any atom is 0.206 e. The molecule has 0 aliphatic heterocycles. The van der Waals surface area contributed by atoms with E-state index in [0.717, 1.165) is 0 Å². The molecule has 0 saturated heterocycles. The maximum absolute atomic E-state index is 12.5. The van der Waals surface area contributed by atoms with Gasteiger partial charge >= 0.3 is 0 Å². The minimum atomic E-state index is -0.182. The van der Waals surface area contributed by atoms with E-state index in [0.29, 0.717) is 52.3 Å². The lowest BCUT2D eigenvalue weighted by Gasteiger charge is -2.13. The van der Waals surface area contributed by atoms with E-state index in [1.165, 1.54) is 19.4 Å². The van der Waals surface area contributed by atoms with Gasteiger partial charge in [-0.3, -0.25) is 4.79 Å². The molecule has 7 nitrogen and oxygen atoms in total. The molecule has 0 bridgehead atoms. The van der Waals surface area contributed by atoms with Crippen LogP contribution in [0.15, 0.2) is 50.7 Å². The van der Waals surface area contributed by atoms with Gasteiger partial charge in [0.15, 0.2) is 16.6 Å². The van der Waals surface area contributed by atoms with Crippen molar-refractivity contribution < 1.29 is 18.3 Å². The van der Waals surface area contributed by atoms with E-state index >= 15 is 0 Å². The van der Waals surface area contributed by atoms with Crippen molar-refractivity contribution in [3.63, 3.8) is 0 Å². The number of furan rings is 1. The van der Waals surface area contributed by atoms with Crippen LogP contribution in [0.5, 0.6) is 11.5 Å². The minimum absolute atomic E-state index is 0.182. The van der Waals surface area contributed by atoms with Crippen LogP contribution in [0.3, 0.4) is 0 Å². The second kappa shape index (κ2) is 6.01. The summed E-state index contributed by atoms with van der Waals surface area (Å²) in [4.78, 5) is 16.5. The topological polar surface area (TPSA) is 79.6 Å². The van der Waals surface area contributed by atoms with Gasteiger partial charge in [-0.15, -0.1) is 0 Å².